The normalized spacial score (nSPS) is 13.2. The standard InChI is InChI=1S/C18H16Br6O3S2/c19-7-11(21)9-25-17-3-1-13(5-15(17)23)28-27-29-14-2-4-18(16(24)6-14)26-10-12(22)8-20/h1-6,11-12H,7-10H2. The molecule has 2 aromatic carbocycles. The van der Waals surface area contributed by atoms with Gasteiger partial charge in [0.2, 0.25) is 0 Å². The summed E-state index contributed by atoms with van der Waals surface area (Å²) >= 11 is 23.6. The van der Waals surface area contributed by atoms with E-state index in [0.717, 1.165) is 40.9 Å². The summed E-state index contributed by atoms with van der Waals surface area (Å²) in [5.41, 5.74) is 0. The van der Waals surface area contributed by atoms with Crippen LogP contribution in [0.2, 0.25) is 0 Å². The van der Waals surface area contributed by atoms with Crippen molar-refractivity contribution >= 4 is 120 Å². The van der Waals surface area contributed by atoms with Crippen molar-refractivity contribution < 1.29 is 13.1 Å². The van der Waals surface area contributed by atoms with E-state index in [1.807, 2.05) is 36.4 Å². The lowest BCUT2D eigenvalue weighted by molar-refractivity contribution is 0.323. The lowest BCUT2D eigenvalue weighted by Crippen LogP contribution is -2.12. The number of hydrogen-bond acceptors (Lipinski definition) is 5. The van der Waals surface area contributed by atoms with Crippen LogP contribution < -0.4 is 9.47 Å². The van der Waals surface area contributed by atoms with Gasteiger partial charge < -0.3 is 9.47 Å². The molecule has 3 nitrogen and oxygen atoms in total. The third kappa shape index (κ3) is 9.94. The first-order chi connectivity index (χ1) is 13.9. The molecule has 2 aromatic rings. The van der Waals surface area contributed by atoms with Crippen molar-refractivity contribution in [3.8, 4) is 11.5 Å². The molecule has 0 aliphatic heterocycles. The van der Waals surface area contributed by atoms with Gasteiger partial charge in [-0.25, -0.2) is 3.63 Å². The summed E-state index contributed by atoms with van der Waals surface area (Å²) < 4.78 is 19.1. The summed E-state index contributed by atoms with van der Waals surface area (Å²) in [5.74, 6) is 1.61. The SMILES string of the molecule is BrCC(Br)COc1ccc(SOSc2ccc(OCC(Br)CBr)c(Br)c2)cc1Br. The van der Waals surface area contributed by atoms with E-state index in [9.17, 15) is 0 Å². The lowest BCUT2D eigenvalue weighted by Gasteiger charge is -2.12. The maximum absolute atomic E-state index is 5.78. The van der Waals surface area contributed by atoms with Gasteiger partial charge >= 0.3 is 0 Å². The van der Waals surface area contributed by atoms with Crippen LogP contribution in [0.15, 0.2) is 55.1 Å². The molecule has 11 heteroatoms. The van der Waals surface area contributed by atoms with Crippen LogP contribution in [0.5, 0.6) is 11.5 Å². The second-order valence-electron chi connectivity index (χ2n) is 5.54. The monoisotopic (exact) mass is 818 g/mol. The average molecular weight is 824 g/mol. The third-order valence-corrected chi connectivity index (χ3v) is 10.4. The largest absolute Gasteiger partial charge is 0.491 e. The molecule has 2 unspecified atom stereocenters. The fourth-order valence-corrected chi connectivity index (χ4v) is 5.12. The van der Waals surface area contributed by atoms with E-state index >= 15 is 0 Å². The van der Waals surface area contributed by atoms with E-state index in [4.69, 9.17) is 13.1 Å². The summed E-state index contributed by atoms with van der Waals surface area (Å²) in [6.45, 7) is 1.17. The molecule has 0 aliphatic rings. The first kappa shape index (κ1) is 26.8. The molecule has 2 rings (SSSR count). The van der Waals surface area contributed by atoms with E-state index in [1.165, 1.54) is 24.1 Å². The molecule has 0 saturated carbocycles. The van der Waals surface area contributed by atoms with Gasteiger partial charge in [0.05, 0.1) is 18.6 Å². The number of halogens is 6. The number of hydrogen-bond donors (Lipinski definition) is 0. The summed E-state index contributed by atoms with van der Waals surface area (Å²) in [4.78, 5) is 2.49. The maximum Gasteiger partial charge on any atom is 0.133 e. The second kappa shape index (κ2) is 14.7. The van der Waals surface area contributed by atoms with Crippen LogP contribution in [0.3, 0.4) is 0 Å². The molecule has 0 N–H and O–H groups in total. The van der Waals surface area contributed by atoms with Crippen LogP contribution in [-0.2, 0) is 3.63 Å². The molecular formula is C18H16Br6O3S2. The van der Waals surface area contributed by atoms with Crippen molar-refractivity contribution in [2.75, 3.05) is 23.9 Å². The van der Waals surface area contributed by atoms with Crippen LogP contribution in [0, 0.1) is 0 Å². The van der Waals surface area contributed by atoms with Gasteiger partial charge in [-0.3, -0.25) is 0 Å². The van der Waals surface area contributed by atoms with Crippen LogP contribution >= 0.6 is 120 Å². The zero-order chi connectivity index (χ0) is 21.2. The molecule has 0 aliphatic carbocycles. The Morgan fingerprint density at radius 3 is 1.48 bits per heavy atom. The molecule has 0 fully saturated rings. The highest BCUT2D eigenvalue weighted by Crippen LogP contribution is 2.36. The average Bonchev–Trinajstić information content (AvgIpc) is 2.72. The van der Waals surface area contributed by atoms with E-state index in [0.29, 0.717) is 13.2 Å². The number of ether oxygens (including phenoxy) is 2. The van der Waals surface area contributed by atoms with Crippen LogP contribution in [0.4, 0.5) is 0 Å². The highest BCUT2D eigenvalue weighted by atomic mass is 79.9. The number of alkyl halides is 4. The Bertz CT molecular complexity index is 720. The molecule has 0 radical (unpaired) electrons. The molecule has 29 heavy (non-hydrogen) atoms. The van der Waals surface area contributed by atoms with E-state index in [1.54, 1.807) is 0 Å². The van der Waals surface area contributed by atoms with Gasteiger partial charge in [0.1, 0.15) is 24.7 Å². The Morgan fingerprint density at radius 1 is 0.724 bits per heavy atom. The fourth-order valence-electron chi connectivity index (χ4n) is 1.85. The zero-order valence-corrected chi connectivity index (χ0v) is 25.9. The maximum atomic E-state index is 5.78. The minimum absolute atomic E-state index is 0.268. The highest BCUT2D eigenvalue weighted by Gasteiger charge is 2.10. The van der Waals surface area contributed by atoms with Crippen molar-refractivity contribution in [1.82, 2.24) is 0 Å². The van der Waals surface area contributed by atoms with Crippen LogP contribution in [0.25, 0.3) is 0 Å². The van der Waals surface area contributed by atoms with Crippen LogP contribution in [0.1, 0.15) is 0 Å². The summed E-state index contributed by atoms with van der Waals surface area (Å²) in [7, 11) is 0. The van der Waals surface area contributed by atoms with E-state index in [2.05, 4.69) is 95.6 Å². The van der Waals surface area contributed by atoms with Crippen molar-refractivity contribution in [1.29, 1.82) is 0 Å². The first-order valence-corrected chi connectivity index (χ1v) is 15.3. The first-order valence-electron chi connectivity index (χ1n) is 8.19. The van der Waals surface area contributed by atoms with Gasteiger partial charge in [-0.15, -0.1) is 0 Å². The molecule has 2 atom stereocenters. The van der Waals surface area contributed by atoms with Gasteiger partial charge in [0.25, 0.3) is 0 Å². The van der Waals surface area contributed by atoms with E-state index < -0.39 is 0 Å². The summed E-state index contributed by atoms with van der Waals surface area (Å²) in [5, 5.41) is 1.67. The fraction of sp³-hybridized carbons (Fsp3) is 0.333. The predicted octanol–water partition coefficient (Wildman–Crippen LogP) is 9.02. The Balaban J connectivity index is 1.83. The Kier molecular flexibility index (Phi) is 13.6. The summed E-state index contributed by atoms with van der Waals surface area (Å²) in [6, 6.07) is 11.8. The number of rotatable bonds is 12. The Hall–Kier alpha value is 1.58. The molecule has 0 bridgehead atoms. The molecule has 0 spiro atoms. The third-order valence-electron chi connectivity index (χ3n) is 3.24. The van der Waals surface area contributed by atoms with Gasteiger partial charge in [-0.1, -0.05) is 63.7 Å². The Morgan fingerprint density at radius 2 is 1.14 bits per heavy atom. The topological polar surface area (TPSA) is 27.7 Å². The van der Waals surface area contributed by atoms with Crippen LogP contribution in [-0.4, -0.2) is 33.5 Å². The van der Waals surface area contributed by atoms with E-state index in [-0.39, 0.29) is 9.65 Å². The minimum Gasteiger partial charge on any atom is -0.491 e. The second-order valence-corrected chi connectivity index (χ2v) is 13.0. The van der Waals surface area contributed by atoms with Gasteiger partial charge in [0.15, 0.2) is 0 Å². The molecule has 0 heterocycles. The quantitative estimate of drug-likeness (QED) is 0.158. The zero-order valence-electron chi connectivity index (χ0n) is 14.8. The molecule has 160 valence electrons. The minimum atomic E-state index is 0.268. The lowest BCUT2D eigenvalue weighted by atomic mass is 10.3. The van der Waals surface area contributed by atoms with Crippen molar-refractivity contribution in [3.05, 3.63) is 45.3 Å². The van der Waals surface area contributed by atoms with Crippen molar-refractivity contribution in [3.63, 3.8) is 0 Å². The molecule has 0 amide bonds. The Labute approximate surface area is 230 Å². The smallest absolute Gasteiger partial charge is 0.133 e. The molecule has 0 aromatic heterocycles. The predicted molar refractivity (Wildman–Crippen MR) is 145 cm³/mol. The van der Waals surface area contributed by atoms with Gasteiger partial charge in [0, 0.05) is 44.5 Å². The highest BCUT2D eigenvalue weighted by molar-refractivity contribution is 9.12. The van der Waals surface area contributed by atoms with Gasteiger partial charge in [-0.2, -0.15) is 0 Å². The molecule has 0 saturated heterocycles. The van der Waals surface area contributed by atoms with Gasteiger partial charge in [-0.05, 0) is 68.3 Å². The van der Waals surface area contributed by atoms with Crippen molar-refractivity contribution in [2.45, 2.75) is 19.4 Å². The summed E-state index contributed by atoms with van der Waals surface area (Å²) in [6.07, 6.45) is 0. The number of benzene rings is 2. The van der Waals surface area contributed by atoms with Crippen molar-refractivity contribution in [2.24, 2.45) is 0 Å². The molecular weight excluding hydrogens is 808 g/mol.